The summed E-state index contributed by atoms with van der Waals surface area (Å²) in [5.41, 5.74) is 11.1. The molecule has 20 heavy (non-hydrogen) atoms. The van der Waals surface area contributed by atoms with Gasteiger partial charge in [0.05, 0.1) is 0 Å². The maximum atomic E-state index is 5.99. The second-order valence-corrected chi connectivity index (χ2v) is 5.45. The van der Waals surface area contributed by atoms with E-state index in [1.165, 1.54) is 22.3 Å². The topological polar surface area (TPSA) is 38.0 Å². The second kappa shape index (κ2) is 6.69. The van der Waals surface area contributed by atoms with Gasteiger partial charge in [-0.25, -0.2) is 0 Å². The van der Waals surface area contributed by atoms with Crippen molar-refractivity contribution in [1.29, 1.82) is 0 Å². The first kappa shape index (κ1) is 14.8. The van der Waals surface area contributed by atoms with E-state index >= 15 is 0 Å². The molecular formula is C18H24N2. The van der Waals surface area contributed by atoms with Crippen molar-refractivity contribution in [2.45, 2.75) is 32.9 Å². The summed E-state index contributed by atoms with van der Waals surface area (Å²) in [5, 5.41) is 3.64. The van der Waals surface area contributed by atoms with E-state index < -0.39 is 0 Å². The van der Waals surface area contributed by atoms with Crippen LogP contribution in [0.25, 0.3) is 0 Å². The Morgan fingerprint density at radius 2 is 1.75 bits per heavy atom. The van der Waals surface area contributed by atoms with Crippen molar-refractivity contribution in [3.05, 3.63) is 70.8 Å². The molecule has 2 rings (SSSR count). The maximum Gasteiger partial charge on any atom is 0.0451 e. The minimum absolute atomic E-state index is 0.185. The van der Waals surface area contributed by atoms with E-state index in [1.54, 1.807) is 0 Å². The van der Waals surface area contributed by atoms with Crippen LogP contribution in [0.1, 0.15) is 41.3 Å². The quantitative estimate of drug-likeness (QED) is 0.868. The van der Waals surface area contributed by atoms with E-state index in [4.69, 9.17) is 5.73 Å². The van der Waals surface area contributed by atoms with Crippen LogP contribution in [0, 0.1) is 13.8 Å². The zero-order chi connectivity index (χ0) is 14.5. The zero-order valence-corrected chi connectivity index (χ0v) is 12.6. The number of nitrogens with two attached hydrogens (primary N) is 1. The molecular weight excluding hydrogens is 244 g/mol. The smallest absolute Gasteiger partial charge is 0.0451 e. The van der Waals surface area contributed by atoms with Crippen LogP contribution in [0.2, 0.25) is 0 Å². The minimum atomic E-state index is 0.185. The lowest BCUT2D eigenvalue weighted by Crippen LogP contribution is -2.31. The van der Waals surface area contributed by atoms with E-state index in [2.05, 4.69) is 68.6 Å². The van der Waals surface area contributed by atoms with Gasteiger partial charge in [0.1, 0.15) is 0 Å². The molecule has 2 aromatic carbocycles. The van der Waals surface area contributed by atoms with Crippen LogP contribution in [0.15, 0.2) is 48.5 Å². The molecule has 0 aliphatic rings. The molecule has 2 nitrogen and oxygen atoms in total. The number of nitrogens with one attached hydrogen (secondary N) is 1. The molecule has 0 fully saturated rings. The minimum Gasteiger partial charge on any atom is -0.329 e. The lowest BCUT2D eigenvalue weighted by atomic mass is 9.97. The Morgan fingerprint density at radius 3 is 2.40 bits per heavy atom. The van der Waals surface area contributed by atoms with Gasteiger partial charge in [0.15, 0.2) is 0 Å². The molecule has 2 heteroatoms. The Labute approximate surface area is 122 Å². The molecule has 0 amide bonds. The van der Waals surface area contributed by atoms with E-state index in [0.29, 0.717) is 6.54 Å². The lowest BCUT2D eigenvalue weighted by molar-refractivity contribution is 0.471. The molecule has 0 spiro atoms. The van der Waals surface area contributed by atoms with Crippen LogP contribution >= 0.6 is 0 Å². The standard InChI is InChI=1S/C18H24N2/c1-13-9-10-14(2)17(11-13)18(12-19)20-15(3)16-7-5-4-6-8-16/h4-11,15,18,20H,12,19H2,1-3H3. The fraction of sp³-hybridized carbons (Fsp3) is 0.333. The van der Waals surface area contributed by atoms with Gasteiger partial charge >= 0.3 is 0 Å². The number of rotatable bonds is 5. The molecule has 0 saturated heterocycles. The first-order valence-electron chi connectivity index (χ1n) is 7.20. The van der Waals surface area contributed by atoms with Crippen LogP contribution in [-0.2, 0) is 0 Å². The van der Waals surface area contributed by atoms with E-state index in [9.17, 15) is 0 Å². The summed E-state index contributed by atoms with van der Waals surface area (Å²) in [6.07, 6.45) is 0. The molecule has 0 aliphatic heterocycles. The van der Waals surface area contributed by atoms with Gasteiger partial charge in [-0.3, -0.25) is 0 Å². The molecule has 2 atom stereocenters. The summed E-state index contributed by atoms with van der Waals surface area (Å²) in [6.45, 7) is 7.05. The van der Waals surface area contributed by atoms with Gasteiger partial charge < -0.3 is 11.1 Å². The predicted octanol–water partition coefficient (Wildman–Crippen LogP) is 3.65. The van der Waals surface area contributed by atoms with Gasteiger partial charge in [-0.05, 0) is 37.5 Å². The highest BCUT2D eigenvalue weighted by Crippen LogP contribution is 2.22. The molecule has 0 aromatic heterocycles. The van der Waals surface area contributed by atoms with Gasteiger partial charge in [0, 0.05) is 18.6 Å². The van der Waals surface area contributed by atoms with Gasteiger partial charge in [0.2, 0.25) is 0 Å². The maximum absolute atomic E-state index is 5.99. The van der Waals surface area contributed by atoms with Gasteiger partial charge in [-0.1, -0.05) is 54.1 Å². The summed E-state index contributed by atoms with van der Waals surface area (Å²) in [4.78, 5) is 0. The van der Waals surface area contributed by atoms with Crippen LogP contribution < -0.4 is 11.1 Å². The Balaban J connectivity index is 2.19. The highest BCUT2D eigenvalue weighted by atomic mass is 15.0. The molecule has 0 aliphatic carbocycles. The van der Waals surface area contributed by atoms with Crippen molar-refractivity contribution < 1.29 is 0 Å². The first-order valence-corrected chi connectivity index (χ1v) is 7.20. The highest BCUT2D eigenvalue weighted by molar-refractivity contribution is 5.33. The van der Waals surface area contributed by atoms with Crippen LogP contribution in [0.5, 0.6) is 0 Å². The highest BCUT2D eigenvalue weighted by Gasteiger charge is 2.15. The lowest BCUT2D eigenvalue weighted by Gasteiger charge is -2.24. The Kier molecular flexibility index (Phi) is 4.94. The Morgan fingerprint density at radius 1 is 1.05 bits per heavy atom. The molecule has 0 saturated carbocycles. The number of benzene rings is 2. The van der Waals surface area contributed by atoms with E-state index in [0.717, 1.165) is 0 Å². The largest absolute Gasteiger partial charge is 0.329 e. The first-order chi connectivity index (χ1) is 9.61. The van der Waals surface area contributed by atoms with Crippen molar-refractivity contribution in [2.75, 3.05) is 6.54 Å². The third kappa shape index (κ3) is 3.47. The average Bonchev–Trinajstić information content (AvgIpc) is 2.48. The third-order valence-electron chi connectivity index (χ3n) is 3.80. The van der Waals surface area contributed by atoms with Crippen molar-refractivity contribution in [1.82, 2.24) is 5.32 Å². The molecule has 106 valence electrons. The van der Waals surface area contributed by atoms with E-state index in [1.807, 2.05) is 6.07 Å². The number of hydrogen-bond donors (Lipinski definition) is 2. The van der Waals surface area contributed by atoms with Gasteiger partial charge in [-0.15, -0.1) is 0 Å². The van der Waals surface area contributed by atoms with Crippen molar-refractivity contribution in [2.24, 2.45) is 5.73 Å². The zero-order valence-electron chi connectivity index (χ0n) is 12.6. The monoisotopic (exact) mass is 268 g/mol. The second-order valence-electron chi connectivity index (χ2n) is 5.45. The van der Waals surface area contributed by atoms with Crippen LogP contribution in [-0.4, -0.2) is 6.54 Å². The Hall–Kier alpha value is -1.64. The molecule has 0 heterocycles. The predicted molar refractivity (Wildman–Crippen MR) is 85.7 cm³/mol. The van der Waals surface area contributed by atoms with Crippen molar-refractivity contribution in [3.8, 4) is 0 Å². The molecule has 3 N–H and O–H groups in total. The summed E-state index contributed by atoms with van der Waals surface area (Å²) >= 11 is 0. The molecule has 0 radical (unpaired) electrons. The average molecular weight is 268 g/mol. The van der Waals surface area contributed by atoms with E-state index in [-0.39, 0.29) is 12.1 Å². The third-order valence-corrected chi connectivity index (χ3v) is 3.80. The van der Waals surface area contributed by atoms with Crippen molar-refractivity contribution >= 4 is 0 Å². The molecule has 2 unspecified atom stereocenters. The summed E-state index contributed by atoms with van der Waals surface area (Å²) in [5.74, 6) is 0. The Bertz CT molecular complexity index is 549. The van der Waals surface area contributed by atoms with Crippen LogP contribution in [0.4, 0.5) is 0 Å². The number of hydrogen-bond acceptors (Lipinski definition) is 2. The SMILES string of the molecule is Cc1ccc(C)c(C(CN)NC(C)c2ccccc2)c1. The fourth-order valence-corrected chi connectivity index (χ4v) is 2.56. The van der Waals surface area contributed by atoms with Crippen LogP contribution in [0.3, 0.4) is 0 Å². The molecule has 0 bridgehead atoms. The summed E-state index contributed by atoms with van der Waals surface area (Å²) in [6, 6.07) is 17.5. The normalized spacial score (nSPS) is 14.0. The van der Waals surface area contributed by atoms with Gasteiger partial charge in [0.25, 0.3) is 0 Å². The number of aryl methyl sites for hydroxylation is 2. The fourth-order valence-electron chi connectivity index (χ4n) is 2.56. The summed E-state index contributed by atoms with van der Waals surface area (Å²) < 4.78 is 0. The summed E-state index contributed by atoms with van der Waals surface area (Å²) in [7, 11) is 0. The molecule has 2 aromatic rings. The van der Waals surface area contributed by atoms with Crippen molar-refractivity contribution in [3.63, 3.8) is 0 Å². The van der Waals surface area contributed by atoms with Gasteiger partial charge in [-0.2, -0.15) is 0 Å².